The molecule has 0 saturated heterocycles. The molecule has 0 bridgehead atoms. The number of halogens is 3. The maximum absolute atomic E-state index is 13.4. The number of nitrogens with one attached hydrogen (secondary N) is 2. The summed E-state index contributed by atoms with van der Waals surface area (Å²) in [6, 6.07) is 6.91. The highest BCUT2D eigenvalue weighted by Crippen LogP contribution is 2.35. The molecule has 1 aromatic carbocycles. The number of hydrazone groups is 1. The minimum absolute atomic E-state index is 0.000813. The van der Waals surface area contributed by atoms with Crippen LogP contribution in [-0.4, -0.2) is 42.9 Å². The molecule has 7 nitrogen and oxygen atoms in total. The fraction of sp³-hybridized carbons (Fsp3) is 0.350. The summed E-state index contributed by atoms with van der Waals surface area (Å²) in [7, 11) is 1.53. The van der Waals surface area contributed by atoms with Crippen LogP contribution in [0.4, 0.5) is 13.2 Å². The number of alkyl halides is 3. The van der Waals surface area contributed by atoms with Crippen LogP contribution < -0.4 is 10.7 Å². The van der Waals surface area contributed by atoms with E-state index in [1.54, 1.807) is 19.9 Å². The molecule has 0 saturated carbocycles. The average Bonchev–Trinajstić information content (AvgIpc) is 2.97. The summed E-state index contributed by atoms with van der Waals surface area (Å²) in [5.41, 5.74) is 2.92. The van der Waals surface area contributed by atoms with Crippen molar-refractivity contribution in [1.82, 2.24) is 15.3 Å². The van der Waals surface area contributed by atoms with Crippen molar-refractivity contribution in [3.8, 4) is 5.69 Å². The minimum Gasteiger partial charge on any atom is -0.385 e. The van der Waals surface area contributed by atoms with Crippen LogP contribution in [0, 0.1) is 13.8 Å². The Labute approximate surface area is 171 Å². The lowest BCUT2D eigenvalue weighted by Gasteiger charge is -2.16. The van der Waals surface area contributed by atoms with Crippen LogP contribution in [0.2, 0.25) is 0 Å². The van der Waals surface area contributed by atoms with E-state index in [1.807, 2.05) is 0 Å². The predicted octanol–water partition coefficient (Wildman–Crippen LogP) is 2.72. The van der Waals surface area contributed by atoms with Crippen molar-refractivity contribution < 1.29 is 27.5 Å². The summed E-state index contributed by atoms with van der Waals surface area (Å²) in [6.45, 7) is 4.05. The Hall–Kier alpha value is -3.14. The van der Waals surface area contributed by atoms with Gasteiger partial charge in [0.2, 0.25) is 0 Å². The monoisotopic (exact) mass is 424 g/mol. The molecule has 0 atom stereocenters. The number of carbonyl (C=O) groups excluding carboxylic acids is 2. The van der Waals surface area contributed by atoms with E-state index < -0.39 is 23.6 Å². The van der Waals surface area contributed by atoms with Gasteiger partial charge in [0.1, 0.15) is 0 Å². The Balaban J connectivity index is 2.14. The van der Waals surface area contributed by atoms with Crippen molar-refractivity contribution in [2.24, 2.45) is 5.10 Å². The number of aromatic nitrogens is 1. The van der Waals surface area contributed by atoms with Gasteiger partial charge >= 0.3 is 18.0 Å². The lowest BCUT2D eigenvalue weighted by molar-refractivity contribution is -0.139. The van der Waals surface area contributed by atoms with Gasteiger partial charge in [-0.2, -0.15) is 18.3 Å². The molecule has 0 spiro atoms. The van der Waals surface area contributed by atoms with Crippen molar-refractivity contribution in [2.75, 3.05) is 20.3 Å². The largest absolute Gasteiger partial charge is 0.418 e. The first-order chi connectivity index (χ1) is 14.2. The zero-order chi connectivity index (χ0) is 22.3. The second-order valence-corrected chi connectivity index (χ2v) is 6.48. The lowest BCUT2D eigenvalue weighted by Crippen LogP contribution is -2.38. The molecule has 2 N–H and O–H groups in total. The fourth-order valence-corrected chi connectivity index (χ4v) is 2.91. The van der Waals surface area contributed by atoms with E-state index in [1.165, 1.54) is 36.1 Å². The van der Waals surface area contributed by atoms with E-state index in [-0.39, 0.29) is 12.2 Å². The molecule has 0 aliphatic heterocycles. The maximum atomic E-state index is 13.4. The van der Waals surface area contributed by atoms with Gasteiger partial charge < -0.3 is 14.6 Å². The summed E-state index contributed by atoms with van der Waals surface area (Å²) in [5.74, 6) is -1.78. The molecule has 1 aromatic heterocycles. The molecule has 2 rings (SSSR count). The standard InChI is InChI=1S/C20H23F3N4O3/c1-13-11-15(12-25-26-19(29)18(28)24-9-6-10-30-3)14(2)27(13)17-8-5-4-7-16(17)20(21,22)23/h4-5,7-8,11-12H,6,9-10H2,1-3H3,(H,24,28)(H,26,29)/b25-12-. The zero-order valence-electron chi connectivity index (χ0n) is 16.8. The molecular weight excluding hydrogens is 401 g/mol. The molecule has 0 radical (unpaired) electrons. The Morgan fingerprint density at radius 1 is 1.20 bits per heavy atom. The Morgan fingerprint density at radius 2 is 1.90 bits per heavy atom. The number of hydrogen-bond donors (Lipinski definition) is 2. The quantitative estimate of drug-likeness (QED) is 0.310. The van der Waals surface area contributed by atoms with E-state index in [9.17, 15) is 22.8 Å². The molecule has 0 aliphatic rings. The van der Waals surface area contributed by atoms with Crippen molar-refractivity contribution in [1.29, 1.82) is 0 Å². The third kappa shape index (κ3) is 5.69. The molecular formula is C20H23F3N4O3. The summed E-state index contributed by atoms with van der Waals surface area (Å²) < 4.78 is 46.4. The van der Waals surface area contributed by atoms with E-state index in [0.29, 0.717) is 30.0 Å². The molecule has 1 heterocycles. The highest BCUT2D eigenvalue weighted by Gasteiger charge is 2.34. The van der Waals surface area contributed by atoms with Gasteiger partial charge in [0.15, 0.2) is 0 Å². The number of para-hydroxylation sites is 1. The maximum Gasteiger partial charge on any atom is 0.418 e. The number of nitrogens with zero attached hydrogens (tertiary/aromatic N) is 2. The smallest absolute Gasteiger partial charge is 0.385 e. The number of rotatable bonds is 7. The predicted molar refractivity (Wildman–Crippen MR) is 105 cm³/mol. The number of hydrogen-bond acceptors (Lipinski definition) is 4. The molecule has 30 heavy (non-hydrogen) atoms. The highest BCUT2D eigenvalue weighted by atomic mass is 19.4. The van der Waals surface area contributed by atoms with Crippen molar-refractivity contribution >= 4 is 18.0 Å². The second kappa shape index (κ2) is 10.1. The molecule has 2 amide bonds. The summed E-state index contributed by atoms with van der Waals surface area (Å²) >= 11 is 0. The minimum atomic E-state index is -4.50. The van der Waals surface area contributed by atoms with E-state index >= 15 is 0 Å². The van der Waals surface area contributed by atoms with Crippen LogP contribution in [-0.2, 0) is 20.5 Å². The highest BCUT2D eigenvalue weighted by molar-refractivity contribution is 6.35. The molecule has 162 valence electrons. The van der Waals surface area contributed by atoms with Gasteiger partial charge in [-0.25, -0.2) is 5.43 Å². The average molecular weight is 424 g/mol. The SMILES string of the molecule is COCCCNC(=O)C(=O)N/N=C\c1cc(C)n(-c2ccccc2C(F)(F)F)c1C. The first-order valence-electron chi connectivity index (χ1n) is 9.12. The lowest BCUT2D eigenvalue weighted by atomic mass is 10.1. The molecule has 0 aliphatic carbocycles. The number of ether oxygens (including phenoxy) is 1. The Kier molecular flexibility index (Phi) is 7.76. The van der Waals surface area contributed by atoms with Gasteiger partial charge in [0, 0.05) is 37.2 Å². The van der Waals surface area contributed by atoms with Crippen LogP contribution in [0.5, 0.6) is 0 Å². The van der Waals surface area contributed by atoms with Crippen LogP contribution >= 0.6 is 0 Å². The zero-order valence-corrected chi connectivity index (χ0v) is 16.8. The number of amides is 2. The third-order valence-corrected chi connectivity index (χ3v) is 4.31. The number of benzene rings is 1. The van der Waals surface area contributed by atoms with Gasteiger partial charge in [-0.05, 0) is 38.5 Å². The summed E-state index contributed by atoms with van der Waals surface area (Å²) in [5, 5.41) is 6.16. The topological polar surface area (TPSA) is 84.7 Å². The normalized spacial score (nSPS) is 11.7. The van der Waals surface area contributed by atoms with Gasteiger partial charge in [-0.1, -0.05) is 12.1 Å². The second-order valence-electron chi connectivity index (χ2n) is 6.48. The van der Waals surface area contributed by atoms with Gasteiger partial charge in [0.05, 0.1) is 17.5 Å². The fourth-order valence-electron chi connectivity index (χ4n) is 2.91. The number of methoxy groups -OCH3 is 1. The Morgan fingerprint density at radius 3 is 2.57 bits per heavy atom. The number of carbonyl (C=O) groups is 2. The van der Waals surface area contributed by atoms with Gasteiger partial charge in [-0.15, -0.1) is 0 Å². The van der Waals surface area contributed by atoms with Crippen LogP contribution in [0.1, 0.15) is 28.9 Å². The molecule has 0 fully saturated rings. The van der Waals surface area contributed by atoms with E-state index in [0.717, 1.165) is 6.07 Å². The van der Waals surface area contributed by atoms with Gasteiger partial charge in [0.25, 0.3) is 0 Å². The molecule has 0 unspecified atom stereocenters. The van der Waals surface area contributed by atoms with Gasteiger partial charge in [-0.3, -0.25) is 9.59 Å². The summed E-state index contributed by atoms with van der Waals surface area (Å²) in [4.78, 5) is 23.4. The van der Waals surface area contributed by atoms with Crippen LogP contribution in [0.3, 0.4) is 0 Å². The molecule has 2 aromatic rings. The number of aryl methyl sites for hydroxylation is 1. The molecule has 10 heteroatoms. The van der Waals surface area contributed by atoms with Crippen LogP contribution in [0.15, 0.2) is 35.4 Å². The van der Waals surface area contributed by atoms with Crippen molar-refractivity contribution in [3.05, 3.63) is 52.8 Å². The first-order valence-corrected chi connectivity index (χ1v) is 9.12. The summed E-state index contributed by atoms with van der Waals surface area (Å²) in [6.07, 6.45) is -2.66. The Bertz CT molecular complexity index is 936. The van der Waals surface area contributed by atoms with E-state index in [2.05, 4.69) is 15.8 Å². The van der Waals surface area contributed by atoms with Crippen molar-refractivity contribution in [3.63, 3.8) is 0 Å². The van der Waals surface area contributed by atoms with E-state index in [4.69, 9.17) is 4.74 Å². The third-order valence-electron chi connectivity index (χ3n) is 4.31. The van der Waals surface area contributed by atoms with Crippen LogP contribution in [0.25, 0.3) is 5.69 Å². The first kappa shape index (κ1) is 23.1. The van der Waals surface area contributed by atoms with Crippen molar-refractivity contribution in [2.45, 2.75) is 26.4 Å².